The van der Waals surface area contributed by atoms with Crippen molar-refractivity contribution >= 4 is 0 Å². The summed E-state index contributed by atoms with van der Waals surface area (Å²) in [6.07, 6.45) is -5.15. The lowest BCUT2D eigenvalue weighted by Crippen LogP contribution is -2.15. The van der Waals surface area contributed by atoms with Crippen molar-refractivity contribution in [2.45, 2.75) is 32.0 Å². The van der Waals surface area contributed by atoms with Crippen LogP contribution < -0.4 is 10.5 Å². The molecule has 0 bridgehead atoms. The molecule has 96 valence electrons. The van der Waals surface area contributed by atoms with Crippen LogP contribution in [-0.2, 0) is 0 Å². The van der Waals surface area contributed by atoms with Gasteiger partial charge in [0.15, 0.2) is 0 Å². The first kappa shape index (κ1) is 13.8. The van der Waals surface area contributed by atoms with Crippen LogP contribution in [0.15, 0.2) is 18.2 Å². The van der Waals surface area contributed by atoms with Gasteiger partial charge in [-0.2, -0.15) is 13.2 Å². The molecule has 0 fully saturated rings. The van der Waals surface area contributed by atoms with Gasteiger partial charge in [-0.05, 0) is 30.5 Å². The van der Waals surface area contributed by atoms with E-state index >= 15 is 0 Å². The van der Waals surface area contributed by atoms with Gasteiger partial charge in [-0.3, -0.25) is 0 Å². The highest BCUT2D eigenvalue weighted by Crippen LogP contribution is 2.28. The fraction of sp³-hybridized carbons (Fsp3) is 0.500. The molecule has 1 atom stereocenters. The fourth-order valence-corrected chi connectivity index (χ4v) is 1.55. The van der Waals surface area contributed by atoms with Crippen LogP contribution in [0.25, 0.3) is 0 Å². The van der Waals surface area contributed by atoms with Crippen LogP contribution in [0.1, 0.15) is 30.0 Å². The van der Waals surface area contributed by atoms with E-state index in [9.17, 15) is 13.2 Å². The smallest absolute Gasteiger partial charge is 0.389 e. The predicted octanol–water partition coefficient (Wildman–Crippen LogP) is 3.35. The average molecular weight is 247 g/mol. The molecule has 0 heterocycles. The number of halogens is 3. The molecule has 0 spiro atoms. The summed E-state index contributed by atoms with van der Waals surface area (Å²) in [5.74, 6) is 0.643. The zero-order chi connectivity index (χ0) is 13.1. The summed E-state index contributed by atoms with van der Waals surface area (Å²) < 4.78 is 41.3. The maximum Gasteiger partial charge on any atom is 0.389 e. The Bertz CT molecular complexity index is 377. The highest BCUT2D eigenvalue weighted by Gasteiger charge is 2.27. The minimum Gasteiger partial charge on any atom is -0.496 e. The number of ether oxygens (including phenoxy) is 1. The Morgan fingerprint density at radius 1 is 1.35 bits per heavy atom. The molecular weight excluding hydrogens is 231 g/mol. The Hall–Kier alpha value is -1.23. The van der Waals surface area contributed by atoms with Gasteiger partial charge in [-0.25, -0.2) is 0 Å². The molecule has 17 heavy (non-hydrogen) atoms. The molecule has 0 aromatic heterocycles. The molecule has 0 aliphatic carbocycles. The molecule has 2 nitrogen and oxygen atoms in total. The van der Waals surface area contributed by atoms with Gasteiger partial charge in [0, 0.05) is 12.5 Å². The Labute approximate surface area is 98.6 Å². The molecule has 0 aliphatic rings. The van der Waals surface area contributed by atoms with Crippen molar-refractivity contribution in [2.24, 2.45) is 5.73 Å². The largest absolute Gasteiger partial charge is 0.496 e. The van der Waals surface area contributed by atoms with E-state index in [1.54, 1.807) is 18.2 Å². The third-order valence-corrected chi connectivity index (χ3v) is 2.60. The maximum atomic E-state index is 12.1. The molecule has 0 radical (unpaired) electrons. The Balaban J connectivity index is 2.72. The lowest BCUT2D eigenvalue weighted by molar-refractivity contribution is -0.136. The molecule has 0 aliphatic heterocycles. The first-order chi connectivity index (χ1) is 7.83. The zero-order valence-electron chi connectivity index (χ0n) is 9.84. The lowest BCUT2D eigenvalue weighted by Gasteiger charge is -2.15. The summed E-state index contributed by atoms with van der Waals surface area (Å²) >= 11 is 0. The summed E-state index contributed by atoms with van der Waals surface area (Å²) in [6.45, 7) is 1.86. The van der Waals surface area contributed by atoms with Gasteiger partial charge in [-0.1, -0.05) is 12.1 Å². The molecule has 0 amide bonds. The van der Waals surface area contributed by atoms with Gasteiger partial charge in [0.05, 0.1) is 7.11 Å². The molecule has 1 aromatic rings. The van der Waals surface area contributed by atoms with Gasteiger partial charge < -0.3 is 10.5 Å². The van der Waals surface area contributed by atoms with Crippen LogP contribution in [-0.4, -0.2) is 13.3 Å². The average Bonchev–Trinajstić information content (AvgIpc) is 2.25. The van der Waals surface area contributed by atoms with Crippen molar-refractivity contribution in [3.05, 3.63) is 29.3 Å². The lowest BCUT2D eigenvalue weighted by atomic mass is 10.0. The number of nitrogens with two attached hydrogens (primary N) is 1. The van der Waals surface area contributed by atoms with E-state index in [0.717, 1.165) is 5.56 Å². The van der Waals surface area contributed by atoms with E-state index in [4.69, 9.17) is 10.5 Å². The number of hydrogen-bond donors (Lipinski definition) is 1. The summed E-state index contributed by atoms with van der Waals surface area (Å²) in [7, 11) is 1.52. The standard InChI is InChI=1S/C12H16F3NO/c1-8-3-4-9(7-11(8)17-2)10(16)5-6-12(13,14)15/h3-4,7,10H,5-6,16H2,1-2H3/t10-/m1/s1. The summed E-state index contributed by atoms with van der Waals surface area (Å²) in [5.41, 5.74) is 7.31. The topological polar surface area (TPSA) is 35.2 Å². The molecule has 1 aromatic carbocycles. The number of alkyl halides is 3. The van der Waals surface area contributed by atoms with Crippen LogP contribution in [0.3, 0.4) is 0 Å². The van der Waals surface area contributed by atoms with Crippen molar-refractivity contribution in [2.75, 3.05) is 7.11 Å². The second-order valence-corrected chi connectivity index (χ2v) is 3.99. The normalized spacial score (nSPS) is 13.5. The Kier molecular flexibility index (Phi) is 4.40. The van der Waals surface area contributed by atoms with Crippen molar-refractivity contribution < 1.29 is 17.9 Å². The zero-order valence-corrected chi connectivity index (χ0v) is 9.84. The first-order valence-corrected chi connectivity index (χ1v) is 5.30. The molecule has 2 N–H and O–H groups in total. The van der Waals surface area contributed by atoms with E-state index in [0.29, 0.717) is 11.3 Å². The van der Waals surface area contributed by atoms with Crippen LogP contribution in [0.2, 0.25) is 0 Å². The van der Waals surface area contributed by atoms with Gasteiger partial charge >= 0.3 is 6.18 Å². The van der Waals surface area contributed by atoms with Gasteiger partial charge in [0.1, 0.15) is 5.75 Å². The van der Waals surface area contributed by atoms with Crippen molar-refractivity contribution in [1.29, 1.82) is 0 Å². The summed E-state index contributed by atoms with van der Waals surface area (Å²) in [4.78, 5) is 0. The second kappa shape index (κ2) is 5.40. The molecule has 0 unspecified atom stereocenters. The first-order valence-electron chi connectivity index (χ1n) is 5.30. The van der Waals surface area contributed by atoms with E-state index in [1.165, 1.54) is 7.11 Å². The summed E-state index contributed by atoms with van der Waals surface area (Å²) in [5, 5.41) is 0. The molecule has 1 rings (SSSR count). The van der Waals surface area contributed by atoms with Crippen LogP contribution >= 0.6 is 0 Å². The van der Waals surface area contributed by atoms with Crippen molar-refractivity contribution in [3.63, 3.8) is 0 Å². The quantitative estimate of drug-likeness (QED) is 0.885. The predicted molar refractivity (Wildman–Crippen MR) is 59.9 cm³/mol. The number of rotatable bonds is 4. The van der Waals surface area contributed by atoms with E-state index in [2.05, 4.69) is 0 Å². The molecule has 0 saturated heterocycles. The maximum absolute atomic E-state index is 12.1. The van der Waals surface area contributed by atoms with Crippen LogP contribution in [0.4, 0.5) is 13.2 Å². The number of methoxy groups -OCH3 is 1. The van der Waals surface area contributed by atoms with Gasteiger partial charge in [-0.15, -0.1) is 0 Å². The Morgan fingerprint density at radius 3 is 2.53 bits per heavy atom. The van der Waals surface area contributed by atoms with E-state index in [1.807, 2.05) is 6.92 Å². The van der Waals surface area contributed by atoms with Gasteiger partial charge in [0.2, 0.25) is 0 Å². The monoisotopic (exact) mass is 247 g/mol. The number of aryl methyl sites for hydroxylation is 1. The second-order valence-electron chi connectivity index (χ2n) is 3.99. The van der Waals surface area contributed by atoms with Gasteiger partial charge in [0.25, 0.3) is 0 Å². The minimum absolute atomic E-state index is 0.115. The molecule has 5 heteroatoms. The Morgan fingerprint density at radius 2 is 2.00 bits per heavy atom. The van der Waals surface area contributed by atoms with Crippen LogP contribution in [0, 0.1) is 6.92 Å². The highest BCUT2D eigenvalue weighted by molar-refractivity contribution is 5.37. The van der Waals surface area contributed by atoms with E-state index in [-0.39, 0.29) is 6.42 Å². The number of benzene rings is 1. The van der Waals surface area contributed by atoms with E-state index < -0.39 is 18.6 Å². The van der Waals surface area contributed by atoms with Crippen molar-refractivity contribution in [1.82, 2.24) is 0 Å². The molecule has 0 saturated carbocycles. The fourth-order valence-electron chi connectivity index (χ4n) is 1.55. The SMILES string of the molecule is COc1cc([C@H](N)CCC(F)(F)F)ccc1C. The molecular formula is C12H16F3NO. The highest BCUT2D eigenvalue weighted by atomic mass is 19.4. The van der Waals surface area contributed by atoms with Crippen molar-refractivity contribution in [3.8, 4) is 5.75 Å². The third kappa shape index (κ3) is 4.26. The number of hydrogen-bond acceptors (Lipinski definition) is 2. The minimum atomic E-state index is -4.16. The third-order valence-electron chi connectivity index (χ3n) is 2.60. The van der Waals surface area contributed by atoms with Crippen LogP contribution in [0.5, 0.6) is 5.75 Å². The summed E-state index contributed by atoms with van der Waals surface area (Å²) in [6, 6.07) is 4.60.